The molecule has 1 fully saturated rings. The van der Waals surface area contributed by atoms with Crippen LogP contribution < -0.4 is 0 Å². The number of alkyl halides is 1. The van der Waals surface area contributed by atoms with Crippen LogP contribution in [-0.4, -0.2) is 34.5 Å². The molecule has 0 spiro atoms. The van der Waals surface area contributed by atoms with Gasteiger partial charge in [0, 0.05) is 12.8 Å². The van der Waals surface area contributed by atoms with Crippen molar-refractivity contribution in [3.63, 3.8) is 0 Å². The average Bonchev–Trinajstić information content (AvgIpc) is 2.62. The van der Waals surface area contributed by atoms with Crippen LogP contribution >= 0.6 is 0 Å². The molecule has 0 aromatic carbocycles. The van der Waals surface area contributed by atoms with E-state index in [4.69, 9.17) is 5.11 Å². The van der Waals surface area contributed by atoms with Gasteiger partial charge in [-0.05, 0) is 20.8 Å². The maximum atomic E-state index is 13.5. The summed E-state index contributed by atoms with van der Waals surface area (Å²) in [6.45, 7) is 4.22. The van der Waals surface area contributed by atoms with E-state index in [0.717, 1.165) is 0 Å². The molecule has 0 aliphatic heterocycles. The van der Waals surface area contributed by atoms with Crippen molar-refractivity contribution in [2.75, 3.05) is 0 Å². The Kier molecular flexibility index (Phi) is 2.50. The largest absolute Gasteiger partial charge is 0.464 e. The molecule has 1 rings (SSSR count). The SMILES string of the molecule is CC(C)(C)N(C(=O)O)S(=O)(=O)C1(F)CC1. The Bertz CT molecular complexity index is 380. The van der Waals surface area contributed by atoms with Crippen molar-refractivity contribution in [2.24, 2.45) is 0 Å². The second-order valence-electron chi connectivity index (χ2n) is 4.61. The van der Waals surface area contributed by atoms with Crippen LogP contribution in [0.15, 0.2) is 0 Å². The van der Waals surface area contributed by atoms with Gasteiger partial charge in [-0.1, -0.05) is 0 Å². The molecule has 0 saturated heterocycles. The molecule has 1 saturated carbocycles. The summed E-state index contributed by atoms with van der Waals surface area (Å²) in [7, 11) is -4.42. The third kappa shape index (κ3) is 1.92. The normalized spacial score (nSPS) is 19.7. The topological polar surface area (TPSA) is 74.7 Å². The zero-order valence-electron chi connectivity index (χ0n) is 8.82. The molecular weight excluding hydrogens is 225 g/mol. The smallest absolute Gasteiger partial charge is 0.421 e. The molecule has 0 heterocycles. The van der Waals surface area contributed by atoms with Crippen molar-refractivity contribution in [2.45, 2.75) is 44.2 Å². The maximum Gasteiger partial charge on any atom is 0.421 e. The van der Waals surface area contributed by atoms with Gasteiger partial charge < -0.3 is 5.11 Å². The van der Waals surface area contributed by atoms with Gasteiger partial charge in [0.05, 0.1) is 5.54 Å². The highest BCUT2D eigenvalue weighted by Crippen LogP contribution is 2.47. The zero-order valence-corrected chi connectivity index (χ0v) is 9.64. The van der Waals surface area contributed by atoms with E-state index >= 15 is 0 Å². The summed E-state index contributed by atoms with van der Waals surface area (Å²) in [6.07, 6.45) is -1.91. The highest BCUT2D eigenvalue weighted by Gasteiger charge is 2.61. The van der Waals surface area contributed by atoms with Crippen LogP contribution in [0.5, 0.6) is 0 Å². The number of halogens is 1. The van der Waals surface area contributed by atoms with E-state index in [1.165, 1.54) is 20.8 Å². The summed E-state index contributed by atoms with van der Waals surface area (Å²) in [5.74, 6) is 0. The number of nitrogens with zero attached hydrogens (tertiary/aromatic N) is 1. The first kappa shape index (κ1) is 12.2. The predicted octanol–water partition coefficient (Wildman–Crippen LogP) is 1.55. The van der Waals surface area contributed by atoms with Crippen LogP contribution in [0.1, 0.15) is 33.6 Å². The molecule has 1 aliphatic rings. The van der Waals surface area contributed by atoms with Crippen molar-refractivity contribution < 1.29 is 22.7 Å². The minimum absolute atomic E-state index is 0.130. The minimum Gasteiger partial charge on any atom is -0.464 e. The van der Waals surface area contributed by atoms with Gasteiger partial charge in [-0.3, -0.25) is 0 Å². The molecule has 88 valence electrons. The Labute approximate surface area is 87.9 Å². The van der Waals surface area contributed by atoms with Crippen molar-refractivity contribution in [1.82, 2.24) is 4.31 Å². The first-order chi connectivity index (χ1) is 6.52. The standard InChI is InChI=1S/C8H14FNO4S/c1-7(2,3)10(6(11)12)15(13,14)8(9)4-5-8/h4-5H2,1-3H3,(H,11,12). The molecule has 0 radical (unpaired) electrons. The van der Waals surface area contributed by atoms with Gasteiger partial charge in [0.15, 0.2) is 0 Å². The van der Waals surface area contributed by atoms with Crippen LogP contribution in [0.2, 0.25) is 0 Å². The third-order valence-corrected chi connectivity index (χ3v) is 4.65. The van der Waals surface area contributed by atoms with E-state index in [0.29, 0.717) is 0 Å². The molecular formula is C8H14FNO4S. The molecule has 15 heavy (non-hydrogen) atoms. The van der Waals surface area contributed by atoms with Crippen molar-refractivity contribution in [3.05, 3.63) is 0 Å². The molecule has 0 aromatic heterocycles. The molecule has 0 atom stereocenters. The molecule has 1 N–H and O–H groups in total. The van der Waals surface area contributed by atoms with E-state index in [2.05, 4.69) is 0 Å². The summed E-state index contributed by atoms with van der Waals surface area (Å²) in [5, 5.41) is 6.44. The molecule has 5 nitrogen and oxygen atoms in total. The summed E-state index contributed by atoms with van der Waals surface area (Å²) in [4.78, 5) is 10.8. The Morgan fingerprint density at radius 2 is 1.80 bits per heavy atom. The van der Waals surface area contributed by atoms with Crippen LogP contribution in [-0.2, 0) is 10.0 Å². The van der Waals surface area contributed by atoms with Gasteiger partial charge in [0.25, 0.3) is 10.0 Å². The highest BCUT2D eigenvalue weighted by molar-refractivity contribution is 7.91. The van der Waals surface area contributed by atoms with Crippen LogP contribution in [0.25, 0.3) is 0 Å². The van der Waals surface area contributed by atoms with Gasteiger partial charge in [-0.2, -0.15) is 4.31 Å². The van der Waals surface area contributed by atoms with Crippen LogP contribution in [0.3, 0.4) is 0 Å². The molecule has 0 aromatic rings. The minimum atomic E-state index is -4.42. The first-order valence-electron chi connectivity index (χ1n) is 4.49. The molecule has 0 bridgehead atoms. The van der Waals surface area contributed by atoms with E-state index in [-0.39, 0.29) is 17.1 Å². The number of rotatable bonds is 2. The van der Waals surface area contributed by atoms with E-state index in [9.17, 15) is 17.6 Å². The molecule has 0 unspecified atom stereocenters. The zero-order chi connectivity index (χ0) is 12.1. The summed E-state index contributed by atoms with van der Waals surface area (Å²) >= 11 is 0. The number of sulfonamides is 1. The Balaban J connectivity index is 3.17. The lowest BCUT2D eigenvalue weighted by Gasteiger charge is -2.32. The fourth-order valence-corrected chi connectivity index (χ4v) is 3.14. The fourth-order valence-electron chi connectivity index (χ4n) is 1.27. The third-order valence-electron chi connectivity index (χ3n) is 2.13. The second kappa shape index (κ2) is 3.07. The van der Waals surface area contributed by atoms with E-state index in [1.54, 1.807) is 0 Å². The monoisotopic (exact) mass is 239 g/mol. The van der Waals surface area contributed by atoms with Crippen molar-refractivity contribution in [3.8, 4) is 0 Å². The number of carbonyl (C=O) groups is 1. The van der Waals surface area contributed by atoms with E-state index < -0.39 is 26.7 Å². The predicted molar refractivity (Wildman–Crippen MR) is 51.6 cm³/mol. The quantitative estimate of drug-likeness (QED) is 0.793. The maximum absolute atomic E-state index is 13.5. The summed E-state index contributed by atoms with van der Waals surface area (Å²) in [5.41, 5.74) is -1.17. The Hall–Kier alpha value is -0.850. The number of amides is 1. The summed E-state index contributed by atoms with van der Waals surface area (Å²) in [6, 6.07) is 0. The van der Waals surface area contributed by atoms with E-state index in [1.807, 2.05) is 0 Å². The lowest BCUT2D eigenvalue weighted by Crippen LogP contribution is -2.52. The first-order valence-corrected chi connectivity index (χ1v) is 5.93. The van der Waals surface area contributed by atoms with Gasteiger partial charge in [-0.15, -0.1) is 0 Å². The second-order valence-corrected chi connectivity index (χ2v) is 6.65. The highest BCUT2D eigenvalue weighted by atomic mass is 32.2. The van der Waals surface area contributed by atoms with Gasteiger partial charge in [0.1, 0.15) is 0 Å². The molecule has 7 heteroatoms. The number of carboxylic acid groups (broad SMARTS) is 1. The fraction of sp³-hybridized carbons (Fsp3) is 0.875. The van der Waals surface area contributed by atoms with Crippen LogP contribution in [0, 0.1) is 0 Å². The summed E-state index contributed by atoms with van der Waals surface area (Å²) < 4.78 is 37.1. The van der Waals surface area contributed by atoms with Crippen molar-refractivity contribution >= 4 is 16.1 Å². The Morgan fingerprint density at radius 3 is 2.00 bits per heavy atom. The molecule has 1 aliphatic carbocycles. The van der Waals surface area contributed by atoms with Crippen LogP contribution in [0.4, 0.5) is 9.18 Å². The van der Waals surface area contributed by atoms with Crippen molar-refractivity contribution in [1.29, 1.82) is 0 Å². The lowest BCUT2D eigenvalue weighted by molar-refractivity contribution is 0.143. The average molecular weight is 239 g/mol. The Morgan fingerprint density at radius 1 is 1.40 bits per heavy atom. The molecule has 1 amide bonds. The number of hydrogen-bond donors (Lipinski definition) is 1. The van der Waals surface area contributed by atoms with Gasteiger partial charge in [0.2, 0.25) is 5.00 Å². The lowest BCUT2D eigenvalue weighted by atomic mass is 10.1. The number of hydrogen-bond acceptors (Lipinski definition) is 3. The van der Waals surface area contributed by atoms with Gasteiger partial charge in [-0.25, -0.2) is 17.6 Å². The van der Waals surface area contributed by atoms with Gasteiger partial charge >= 0.3 is 6.09 Å².